The number of ether oxygens (including phenoxy) is 1. The predicted octanol–water partition coefficient (Wildman–Crippen LogP) is 6.75. The lowest BCUT2D eigenvalue weighted by Gasteiger charge is -2.47. The molecule has 29 heavy (non-hydrogen) atoms. The van der Waals surface area contributed by atoms with Crippen LogP contribution < -0.4 is 0 Å². The standard InChI is InChI=1S/C24H29F3O2/c1-16(2)17-10-8-12-19-18(17)11-9-13-20(19)23(14-6-7-15-23)29-21(3,4)22(5,28)24(25,26)27/h8-13,28H,1,6-7,14-15H2,2-5H3. The molecular formula is C24H29F3O2. The maximum absolute atomic E-state index is 13.6. The fraction of sp³-hybridized carbons (Fsp3) is 0.500. The van der Waals surface area contributed by atoms with E-state index in [0.717, 1.165) is 47.2 Å². The summed E-state index contributed by atoms with van der Waals surface area (Å²) >= 11 is 0. The molecule has 0 bridgehead atoms. The molecule has 1 fully saturated rings. The second-order valence-electron chi connectivity index (χ2n) is 8.87. The minimum Gasteiger partial charge on any atom is -0.378 e. The third-order valence-corrected chi connectivity index (χ3v) is 6.46. The lowest BCUT2D eigenvalue weighted by Crippen LogP contribution is -2.61. The number of hydrogen-bond donors (Lipinski definition) is 1. The molecule has 0 aliphatic heterocycles. The molecule has 1 atom stereocenters. The number of alkyl halides is 3. The molecule has 0 heterocycles. The molecule has 1 aliphatic carbocycles. The van der Waals surface area contributed by atoms with Crippen LogP contribution in [0.3, 0.4) is 0 Å². The van der Waals surface area contributed by atoms with Gasteiger partial charge >= 0.3 is 6.18 Å². The maximum atomic E-state index is 13.6. The van der Waals surface area contributed by atoms with E-state index in [0.29, 0.717) is 12.8 Å². The number of allylic oxidation sites excluding steroid dienone is 1. The quantitative estimate of drug-likeness (QED) is 0.595. The Kier molecular flexibility index (Phi) is 5.38. The Bertz CT molecular complexity index is 919. The number of benzene rings is 2. The van der Waals surface area contributed by atoms with E-state index >= 15 is 0 Å². The molecule has 2 nitrogen and oxygen atoms in total. The Hall–Kier alpha value is -1.85. The van der Waals surface area contributed by atoms with Gasteiger partial charge in [0.05, 0.1) is 5.60 Å². The van der Waals surface area contributed by atoms with Gasteiger partial charge in [0.1, 0.15) is 5.60 Å². The predicted molar refractivity (Wildman–Crippen MR) is 111 cm³/mol. The number of aliphatic hydroxyl groups is 1. The Morgan fingerprint density at radius 1 is 1.00 bits per heavy atom. The zero-order valence-corrected chi connectivity index (χ0v) is 17.5. The third-order valence-electron chi connectivity index (χ3n) is 6.46. The molecule has 0 amide bonds. The Morgan fingerprint density at radius 2 is 1.55 bits per heavy atom. The Labute approximate surface area is 170 Å². The topological polar surface area (TPSA) is 29.5 Å². The molecule has 5 heteroatoms. The van der Waals surface area contributed by atoms with Gasteiger partial charge in [0, 0.05) is 0 Å². The van der Waals surface area contributed by atoms with Crippen LogP contribution in [0.5, 0.6) is 0 Å². The van der Waals surface area contributed by atoms with Crippen LogP contribution in [-0.2, 0) is 10.3 Å². The van der Waals surface area contributed by atoms with Crippen LogP contribution in [0.1, 0.15) is 64.5 Å². The molecule has 3 rings (SSSR count). The fourth-order valence-corrected chi connectivity index (χ4v) is 4.38. The molecule has 2 aromatic carbocycles. The van der Waals surface area contributed by atoms with Gasteiger partial charge in [-0.1, -0.05) is 61.4 Å². The van der Waals surface area contributed by atoms with Crippen molar-refractivity contribution in [3.8, 4) is 0 Å². The number of hydrogen-bond acceptors (Lipinski definition) is 2. The summed E-state index contributed by atoms with van der Waals surface area (Å²) in [6.45, 7) is 9.43. The van der Waals surface area contributed by atoms with E-state index in [1.165, 1.54) is 13.8 Å². The summed E-state index contributed by atoms with van der Waals surface area (Å²) in [5, 5.41) is 12.3. The van der Waals surface area contributed by atoms with E-state index in [9.17, 15) is 18.3 Å². The van der Waals surface area contributed by atoms with E-state index < -0.39 is 23.0 Å². The second kappa shape index (κ2) is 7.13. The largest absolute Gasteiger partial charge is 0.419 e. The summed E-state index contributed by atoms with van der Waals surface area (Å²) in [6, 6.07) is 11.8. The average Bonchev–Trinajstić information content (AvgIpc) is 3.08. The lowest BCUT2D eigenvalue weighted by atomic mass is 9.82. The van der Waals surface area contributed by atoms with Gasteiger partial charge in [0.2, 0.25) is 0 Å². The Morgan fingerprint density at radius 3 is 2.10 bits per heavy atom. The summed E-state index contributed by atoms with van der Waals surface area (Å²) in [5.41, 5.74) is -2.88. The SMILES string of the molecule is C=C(C)c1cccc2c(C3(OC(C)(C)C(C)(O)C(F)(F)F)CCCC3)cccc12. The first kappa shape index (κ1) is 21.8. The minimum absolute atomic E-state index is 0.612. The van der Waals surface area contributed by atoms with Crippen molar-refractivity contribution < 1.29 is 23.0 Å². The van der Waals surface area contributed by atoms with Crippen LogP contribution in [0.2, 0.25) is 0 Å². The van der Waals surface area contributed by atoms with Crippen LogP contribution >= 0.6 is 0 Å². The monoisotopic (exact) mass is 406 g/mol. The first-order valence-corrected chi connectivity index (χ1v) is 10.00. The van der Waals surface area contributed by atoms with E-state index in [1.807, 2.05) is 43.3 Å². The molecular weight excluding hydrogens is 377 g/mol. The molecule has 0 spiro atoms. The molecule has 0 radical (unpaired) electrons. The number of rotatable bonds is 5. The summed E-state index contributed by atoms with van der Waals surface area (Å²) in [6.07, 6.45) is -1.86. The summed E-state index contributed by atoms with van der Waals surface area (Å²) in [5.74, 6) is 0. The average molecular weight is 406 g/mol. The van der Waals surface area contributed by atoms with Gasteiger partial charge in [0.15, 0.2) is 5.60 Å². The van der Waals surface area contributed by atoms with Gasteiger partial charge in [-0.05, 0) is 62.4 Å². The second-order valence-corrected chi connectivity index (χ2v) is 8.87. The molecule has 1 saturated carbocycles. The van der Waals surface area contributed by atoms with E-state index in [2.05, 4.69) is 6.58 Å². The smallest absolute Gasteiger partial charge is 0.378 e. The first-order chi connectivity index (χ1) is 13.3. The van der Waals surface area contributed by atoms with Crippen molar-refractivity contribution in [3.63, 3.8) is 0 Å². The van der Waals surface area contributed by atoms with Crippen LogP contribution in [0, 0.1) is 0 Å². The van der Waals surface area contributed by atoms with Crippen LogP contribution in [0.4, 0.5) is 13.2 Å². The van der Waals surface area contributed by atoms with Crippen molar-refractivity contribution in [1.82, 2.24) is 0 Å². The molecule has 158 valence electrons. The Balaban J connectivity index is 2.16. The van der Waals surface area contributed by atoms with Crippen molar-refractivity contribution >= 4 is 16.3 Å². The first-order valence-electron chi connectivity index (χ1n) is 10.00. The van der Waals surface area contributed by atoms with E-state index in [-0.39, 0.29) is 0 Å². The summed E-state index contributed by atoms with van der Waals surface area (Å²) in [4.78, 5) is 0. The van der Waals surface area contributed by atoms with Crippen LogP contribution in [0.15, 0.2) is 43.0 Å². The van der Waals surface area contributed by atoms with Crippen molar-refractivity contribution in [2.45, 2.75) is 76.4 Å². The highest BCUT2D eigenvalue weighted by atomic mass is 19.4. The minimum atomic E-state index is -4.80. The highest BCUT2D eigenvalue weighted by Crippen LogP contribution is 2.51. The van der Waals surface area contributed by atoms with Crippen molar-refractivity contribution in [3.05, 3.63) is 54.1 Å². The third kappa shape index (κ3) is 3.59. The summed E-state index contributed by atoms with van der Waals surface area (Å²) in [7, 11) is 0. The van der Waals surface area contributed by atoms with Crippen molar-refractivity contribution in [2.24, 2.45) is 0 Å². The molecule has 1 N–H and O–H groups in total. The highest BCUT2D eigenvalue weighted by Gasteiger charge is 2.62. The molecule has 2 aromatic rings. The van der Waals surface area contributed by atoms with Crippen LogP contribution in [-0.4, -0.2) is 22.5 Å². The van der Waals surface area contributed by atoms with Gasteiger partial charge in [-0.3, -0.25) is 0 Å². The van der Waals surface area contributed by atoms with Gasteiger partial charge in [-0.25, -0.2) is 0 Å². The number of fused-ring (bicyclic) bond motifs is 1. The van der Waals surface area contributed by atoms with Gasteiger partial charge in [-0.15, -0.1) is 0 Å². The van der Waals surface area contributed by atoms with Gasteiger partial charge in [-0.2, -0.15) is 13.2 Å². The zero-order valence-electron chi connectivity index (χ0n) is 17.5. The van der Waals surface area contributed by atoms with Gasteiger partial charge < -0.3 is 9.84 Å². The van der Waals surface area contributed by atoms with Gasteiger partial charge in [0.25, 0.3) is 0 Å². The maximum Gasteiger partial charge on any atom is 0.419 e. The zero-order chi connectivity index (χ0) is 21.7. The summed E-state index contributed by atoms with van der Waals surface area (Å²) < 4.78 is 47.0. The van der Waals surface area contributed by atoms with Crippen LogP contribution in [0.25, 0.3) is 16.3 Å². The van der Waals surface area contributed by atoms with Crippen molar-refractivity contribution in [2.75, 3.05) is 0 Å². The molecule has 0 aromatic heterocycles. The normalized spacial score (nSPS) is 19.3. The molecule has 1 aliphatic rings. The lowest BCUT2D eigenvalue weighted by molar-refractivity contribution is -0.330. The van der Waals surface area contributed by atoms with E-state index in [1.54, 1.807) is 0 Å². The number of halogens is 3. The fourth-order valence-electron chi connectivity index (χ4n) is 4.38. The highest BCUT2D eigenvalue weighted by molar-refractivity contribution is 5.95. The molecule has 0 saturated heterocycles. The molecule has 1 unspecified atom stereocenters. The van der Waals surface area contributed by atoms with Crippen molar-refractivity contribution in [1.29, 1.82) is 0 Å². The van der Waals surface area contributed by atoms with E-state index in [4.69, 9.17) is 4.74 Å².